The standard InChI is InChI=1S/C42H24N2OS2/c1-2-12-24-23(11-1)21-31(26-14-4-3-13-25(24)26)42-43-37-29-17-7-10-20-35(29)47-41(37)38(44-42)32-22-30-27-15-5-8-18-33(27)45-39(30)36-28-16-6-9-19-34(28)46-40(32)36/h1-22,42-43H. The predicted octanol–water partition coefficient (Wildman–Crippen LogP) is 12.4. The van der Waals surface area contributed by atoms with Crippen molar-refractivity contribution in [3.8, 4) is 0 Å². The van der Waals surface area contributed by atoms with Crippen molar-refractivity contribution in [3.63, 3.8) is 0 Å². The zero-order chi connectivity index (χ0) is 30.6. The lowest BCUT2D eigenvalue weighted by molar-refractivity contribution is 0.673. The van der Waals surface area contributed by atoms with E-state index < -0.39 is 0 Å². The molecule has 7 aromatic carbocycles. The predicted molar refractivity (Wildman–Crippen MR) is 202 cm³/mol. The molecule has 1 unspecified atom stereocenters. The Balaban J connectivity index is 1.28. The lowest BCUT2D eigenvalue weighted by atomic mass is 9.94. The first-order valence-electron chi connectivity index (χ1n) is 15.8. The summed E-state index contributed by atoms with van der Waals surface area (Å²) in [5.74, 6) is 0. The van der Waals surface area contributed by atoms with E-state index in [1.807, 2.05) is 28.7 Å². The summed E-state index contributed by atoms with van der Waals surface area (Å²) < 4.78 is 10.3. The second-order valence-corrected chi connectivity index (χ2v) is 14.4. The molecule has 1 aliphatic heterocycles. The highest BCUT2D eigenvalue weighted by Gasteiger charge is 2.30. The third-order valence-electron chi connectivity index (χ3n) is 9.69. The Labute approximate surface area is 277 Å². The molecule has 0 amide bonds. The first-order valence-corrected chi connectivity index (χ1v) is 17.5. The molecule has 0 spiro atoms. The Kier molecular flexibility index (Phi) is 5.20. The summed E-state index contributed by atoms with van der Waals surface area (Å²) in [4.78, 5) is 6.88. The number of hydrogen-bond acceptors (Lipinski definition) is 5. The van der Waals surface area contributed by atoms with Crippen LogP contribution in [0.2, 0.25) is 0 Å². The van der Waals surface area contributed by atoms with Gasteiger partial charge in [0, 0.05) is 52.2 Å². The molecule has 4 heterocycles. The van der Waals surface area contributed by atoms with Gasteiger partial charge < -0.3 is 9.73 Å². The number of furan rings is 1. The third-order valence-corrected chi connectivity index (χ3v) is 12.1. The van der Waals surface area contributed by atoms with Gasteiger partial charge >= 0.3 is 0 Å². The molecule has 0 fully saturated rings. The van der Waals surface area contributed by atoms with Crippen molar-refractivity contribution in [1.29, 1.82) is 0 Å². The number of anilines is 1. The average molecular weight is 637 g/mol. The maximum absolute atomic E-state index is 6.63. The third kappa shape index (κ3) is 3.58. The molecule has 0 radical (unpaired) electrons. The monoisotopic (exact) mass is 636 g/mol. The van der Waals surface area contributed by atoms with Gasteiger partial charge in [0.2, 0.25) is 0 Å². The molecule has 5 heteroatoms. The van der Waals surface area contributed by atoms with Crippen molar-refractivity contribution in [3.05, 3.63) is 149 Å². The molecule has 11 rings (SSSR count). The van der Waals surface area contributed by atoms with Crippen LogP contribution >= 0.6 is 22.7 Å². The Morgan fingerprint density at radius 3 is 2.09 bits per heavy atom. The van der Waals surface area contributed by atoms with E-state index in [0.29, 0.717) is 0 Å². The number of fused-ring (bicyclic) bond motifs is 13. The van der Waals surface area contributed by atoms with Gasteiger partial charge in [0.25, 0.3) is 0 Å². The van der Waals surface area contributed by atoms with Gasteiger partial charge in [-0.1, -0.05) is 103 Å². The number of nitrogens with one attached hydrogen (secondary N) is 1. The van der Waals surface area contributed by atoms with Crippen molar-refractivity contribution in [2.24, 2.45) is 4.99 Å². The average Bonchev–Trinajstić information content (AvgIpc) is 3.82. The van der Waals surface area contributed by atoms with Gasteiger partial charge in [-0.2, -0.15) is 0 Å². The van der Waals surface area contributed by atoms with Crippen LogP contribution in [0.4, 0.5) is 5.69 Å². The lowest BCUT2D eigenvalue weighted by Crippen LogP contribution is -2.19. The molecule has 1 atom stereocenters. The van der Waals surface area contributed by atoms with Gasteiger partial charge in [-0.15, -0.1) is 22.7 Å². The second kappa shape index (κ2) is 9.52. The number of para-hydroxylation sites is 1. The van der Waals surface area contributed by atoms with E-state index in [-0.39, 0.29) is 6.17 Å². The largest absolute Gasteiger partial charge is 0.455 e. The van der Waals surface area contributed by atoms with Gasteiger partial charge in [0.1, 0.15) is 17.3 Å². The van der Waals surface area contributed by atoms with Crippen LogP contribution in [0, 0.1) is 0 Å². The van der Waals surface area contributed by atoms with Crippen molar-refractivity contribution in [1.82, 2.24) is 0 Å². The molecular formula is C42H24N2OS2. The van der Waals surface area contributed by atoms with Crippen molar-refractivity contribution < 1.29 is 4.42 Å². The van der Waals surface area contributed by atoms with Gasteiger partial charge in [0.15, 0.2) is 0 Å². The summed E-state index contributed by atoms with van der Waals surface area (Å²) >= 11 is 3.65. The fraction of sp³-hybridized carbons (Fsp3) is 0.0238. The van der Waals surface area contributed by atoms with Crippen LogP contribution in [0.25, 0.3) is 73.7 Å². The highest BCUT2D eigenvalue weighted by atomic mass is 32.1. The normalized spacial score (nSPS) is 14.9. The minimum absolute atomic E-state index is 0.272. The summed E-state index contributed by atoms with van der Waals surface area (Å²) in [6.45, 7) is 0. The van der Waals surface area contributed by atoms with Crippen LogP contribution in [0.5, 0.6) is 0 Å². The van der Waals surface area contributed by atoms with Gasteiger partial charge in [-0.05, 0) is 51.9 Å². The van der Waals surface area contributed by atoms with Crippen LogP contribution in [0.15, 0.2) is 143 Å². The van der Waals surface area contributed by atoms with E-state index in [0.717, 1.165) is 38.9 Å². The van der Waals surface area contributed by atoms with Crippen molar-refractivity contribution in [2.45, 2.75) is 6.17 Å². The van der Waals surface area contributed by atoms with Crippen LogP contribution in [0.3, 0.4) is 0 Å². The molecule has 0 aliphatic carbocycles. The van der Waals surface area contributed by atoms with Crippen LogP contribution < -0.4 is 5.32 Å². The smallest absolute Gasteiger partial charge is 0.146 e. The van der Waals surface area contributed by atoms with Gasteiger partial charge in [-0.25, -0.2) is 0 Å². The van der Waals surface area contributed by atoms with E-state index in [9.17, 15) is 0 Å². The quantitative estimate of drug-likeness (QED) is 0.192. The maximum Gasteiger partial charge on any atom is 0.146 e. The number of thiophene rings is 2. The molecule has 0 saturated heterocycles. The summed E-state index contributed by atoms with van der Waals surface area (Å²) in [7, 11) is 0. The zero-order valence-electron chi connectivity index (χ0n) is 25.0. The van der Waals surface area contributed by atoms with E-state index >= 15 is 0 Å². The summed E-state index contributed by atoms with van der Waals surface area (Å²) in [6, 6.07) is 47.9. The van der Waals surface area contributed by atoms with Crippen LogP contribution in [-0.2, 0) is 0 Å². The van der Waals surface area contributed by atoms with Crippen molar-refractivity contribution in [2.75, 3.05) is 5.32 Å². The molecule has 0 saturated carbocycles. The maximum atomic E-state index is 6.63. The van der Waals surface area contributed by atoms with E-state index in [1.54, 1.807) is 0 Å². The van der Waals surface area contributed by atoms with Gasteiger partial charge in [-0.3, -0.25) is 4.99 Å². The topological polar surface area (TPSA) is 37.5 Å². The molecule has 0 bridgehead atoms. The SMILES string of the molecule is c1ccc2c(c1)cc(C1N=C(c3cc4c5ccccc5oc4c4c3sc3ccccc34)c3sc4ccccc4c3N1)c1ccccc12. The molecule has 3 aromatic heterocycles. The number of rotatable bonds is 2. The number of aliphatic imine (C=N–C) groups is 1. The Morgan fingerprint density at radius 2 is 1.23 bits per heavy atom. The van der Waals surface area contributed by atoms with Crippen LogP contribution in [0.1, 0.15) is 22.2 Å². The minimum atomic E-state index is -0.272. The molecule has 220 valence electrons. The molecule has 10 aromatic rings. The lowest BCUT2D eigenvalue weighted by Gasteiger charge is -2.26. The molecular weight excluding hydrogens is 613 g/mol. The molecule has 3 nitrogen and oxygen atoms in total. The second-order valence-electron chi connectivity index (χ2n) is 12.3. The fourth-order valence-corrected chi connectivity index (χ4v) is 10.00. The Bertz CT molecular complexity index is 2960. The van der Waals surface area contributed by atoms with E-state index in [1.165, 1.54) is 62.2 Å². The Morgan fingerprint density at radius 1 is 0.574 bits per heavy atom. The summed E-state index contributed by atoms with van der Waals surface area (Å²) in [5, 5.41) is 14.8. The molecule has 47 heavy (non-hydrogen) atoms. The molecule has 1 aliphatic rings. The van der Waals surface area contributed by atoms with E-state index in [2.05, 4.69) is 133 Å². The summed E-state index contributed by atoms with van der Waals surface area (Å²) in [6.07, 6.45) is -0.272. The number of nitrogens with zero attached hydrogens (tertiary/aromatic N) is 1. The van der Waals surface area contributed by atoms with Gasteiger partial charge in [0.05, 0.1) is 16.3 Å². The zero-order valence-corrected chi connectivity index (χ0v) is 26.6. The Hall–Kier alpha value is -5.49. The number of benzene rings is 7. The fourth-order valence-electron chi connectivity index (χ4n) is 7.60. The van der Waals surface area contributed by atoms with E-state index in [4.69, 9.17) is 9.41 Å². The first kappa shape index (κ1) is 25.7. The van der Waals surface area contributed by atoms with Crippen molar-refractivity contribution >= 4 is 108 Å². The number of hydrogen-bond donors (Lipinski definition) is 1. The molecule has 1 N–H and O–H groups in total. The summed E-state index contributed by atoms with van der Waals surface area (Å²) in [5.41, 5.74) is 6.39. The van der Waals surface area contributed by atoms with Crippen LogP contribution in [-0.4, -0.2) is 5.71 Å². The highest BCUT2D eigenvalue weighted by Crippen LogP contribution is 2.49. The minimum Gasteiger partial charge on any atom is -0.455 e. The highest BCUT2D eigenvalue weighted by molar-refractivity contribution is 7.26. The first-order chi connectivity index (χ1) is 23.3.